The smallest absolute Gasteiger partial charge is 0.271 e. The van der Waals surface area contributed by atoms with Gasteiger partial charge in [0.2, 0.25) is 0 Å². The third-order valence-corrected chi connectivity index (χ3v) is 3.76. The van der Waals surface area contributed by atoms with Crippen LogP contribution >= 0.6 is 12.2 Å². The van der Waals surface area contributed by atoms with Gasteiger partial charge in [0.15, 0.2) is 5.11 Å². The van der Waals surface area contributed by atoms with E-state index in [0.717, 1.165) is 25.8 Å². The van der Waals surface area contributed by atoms with Gasteiger partial charge in [-0.25, -0.2) is 0 Å². The van der Waals surface area contributed by atoms with Gasteiger partial charge in [0, 0.05) is 24.4 Å². The maximum Gasteiger partial charge on any atom is 0.271 e. The van der Waals surface area contributed by atoms with Crippen LogP contribution in [-0.2, 0) is 0 Å². The van der Waals surface area contributed by atoms with E-state index < -0.39 is 4.92 Å². The Morgan fingerprint density at radius 2 is 2.14 bits per heavy atom. The van der Waals surface area contributed by atoms with Crippen LogP contribution in [-0.4, -0.2) is 16.6 Å². The number of nitro groups is 1. The zero-order chi connectivity index (χ0) is 16.5. The Kier molecular flexibility index (Phi) is 7.59. The van der Waals surface area contributed by atoms with Gasteiger partial charge in [-0.2, -0.15) is 0 Å². The van der Waals surface area contributed by atoms with Crippen LogP contribution in [0, 0.1) is 16.0 Å². The molecule has 1 aromatic carbocycles. The molecule has 0 radical (unpaired) electrons. The summed E-state index contributed by atoms with van der Waals surface area (Å²) in [4.78, 5) is 10.2. The summed E-state index contributed by atoms with van der Waals surface area (Å²) < 4.78 is 0. The number of nitrogens with one attached hydrogen (secondary N) is 2. The van der Waals surface area contributed by atoms with E-state index in [9.17, 15) is 15.2 Å². The summed E-state index contributed by atoms with van der Waals surface area (Å²) in [7, 11) is 0. The third-order valence-electron chi connectivity index (χ3n) is 3.52. The van der Waals surface area contributed by atoms with E-state index in [0.29, 0.717) is 11.0 Å². The second-order valence-electron chi connectivity index (χ2n) is 5.19. The maximum atomic E-state index is 11.7. The molecule has 0 saturated heterocycles. The molecule has 0 amide bonds. The van der Waals surface area contributed by atoms with Gasteiger partial charge in [-0.3, -0.25) is 10.1 Å². The molecule has 0 aliphatic carbocycles. The highest BCUT2D eigenvalue weighted by atomic mass is 32.1. The topological polar surface area (TPSA) is 90.3 Å². The first-order valence-electron chi connectivity index (χ1n) is 7.48. The number of benzene rings is 1. The minimum Gasteiger partial charge on any atom is -0.871 e. The molecule has 1 aromatic rings. The van der Waals surface area contributed by atoms with Gasteiger partial charge < -0.3 is 15.7 Å². The average Bonchev–Trinajstić information content (AvgIpc) is 2.49. The van der Waals surface area contributed by atoms with Crippen LogP contribution in [0.1, 0.15) is 39.5 Å². The molecular weight excluding hydrogens is 302 g/mol. The van der Waals surface area contributed by atoms with Crippen molar-refractivity contribution in [3.63, 3.8) is 0 Å². The zero-order valence-electron chi connectivity index (χ0n) is 12.9. The van der Waals surface area contributed by atoms with Gasteiger partial charge in [0.1, 0.15) is 0 Å². The summed E-state index contributed by atoms with van der Waals surface area (Å²) in [6, 6.07) is 3.55. The number of nitro benzene ring substituents is 1. The van der Waals surface area contributed by atoms with Crippen molar-refractivity contribution in [2.45, 2.75) is 39.5 Å². The summed E-state index contributed by atoms with van der Waals surface area (Å²) in [5.74, 6) is 0.198. The lowest BCUT2D eigenvalue weighted by Crippen LogP contribution is -2.33. The van der Waals surface area contributed by atoms with Crippen LogP contribution in [0.15, 0.2) is 18.2 Å². The Morgan fingerprint density at radius 1 is 1.41 bits per heavy atom. The molecule has 1 rings (SSSR count). The summed E-state index contributed by atoms with van der Waals surface area (Å²) in [6.07, 6.45) is 4.52. The minimum absolute atomic E-state index is 0.119. The van der Waals surface area contributed by atoms with E-state index in [-0.39, 0.29) is 17.1 Å². The fourth-order valence-electron chi connectivity index (χ4n) is 2.08. The molecule has 1 atom stereocenters. The number of unbranched alkanes of at least 4 members (excludes halogenated alkanes) is 1. The number of anilines is 1. The lowest BCUT2D eigenvalue weighted by Gasteiger charge is -2.19. The van der Waals surface area contributed by atoms with Crippen molar-refractivity contribution < 1.29 is 10.0 Å². The van der Waals surface area contributed by atoms with Gasteiger partial charge in [-0.1, -0.05) is 44.9 Å². The lowest BCUT2D eigenvalue weighted by molar-refractivity contribution is -0.385. The fraction of sp³-hybridized carbons (Fsp3) is 0.533. The van der Waals surface area contributed by atoms with Crippen molar-refractivity contribution in [1.29, 1.82) is 0 Å². The first kappa shape index (κ1) is 18.2. The van der Waals surface area contributed by atoms with Crippen molar-refractivity contribution in [1.82, 2.24) is 5.32 Å². The van der Waals surface area contributed by atoms with Crippen LogP contribution in [0.3, 0.4) is 0 Å². The van der Waals surface area contributed by atoms with E-state index in [1.165, 1.54) is 24.6 Å². The van der Waals surface area contributed by atoms with Crippen molar-refractivity contribution in [2.75, 3.05) is 11.9 Å². The molecule has 0 aliphatic heterocycles. The first-order valence-corrected chi connectivity index (χ1v) is 7.89. The molecule has 7 heteroatoms. The summed E-state index contributed by atoms with van der Waals surface area (Å²) in [6.45, 7) is 5.02. The SMILES string of the molecule is CCCC[C@H](CC)CNC(=S)Nc1cc([N+](=O)[O-])ccc1[O-]. The normalized spacial score (nSPS) is 11.7. The van der Waals surface area contributed by atoms with Crippen molar-refractivity contribution in [3.8, 4) is 5.75 Å². The molecule has 22 heavy (non-hydrogen) atoms. The number of non-ortho nitro benzene ring substituents is 1. The molecule has 0 aliphatic rings. The van der Waals surface area contributed by atoms with Crippen molar-refractivity contribution in [2.24, 2.45) is 5.92 Å². The Balaban J connectivity index is 2.57. The molecule has 122 valence electrons. The molecule has 2 N–H and O–H groups in total. The van der Waals surface area contributed by atoms with Gasteiger partial charge in [-0.05, 0) is 24.6 Å². The summed E-state index contributed by atoms with van der Waals surface area (Å²) >= 11 is 5.15. The molecule has 0 fully saturated rings. The van der Waals surface area contributed by atoms with E-state index >= 15 is 0 Å². The van der Waals surface area contributed by atoms with Crippen LogP contribution in [0.25, 0.3) is 0 Å². The number of nitrogens with zero attached hydrogens (tertiary/aromatic N) is 1. The van der Waals surface area contributed by atoms with Crippen molar-refractivity contribution in [3.05, 3.63) is 28.3 Å². The van der Waals surface area contributed by atoms with Crippen molar-refractivity contribution >= 4 is 28.7 Å². The third kappa shape index (κ3) is 5.85. The molecule has 0 aromatic heterocycles. The van der Waals surface area contributed by atoms with Crippen LogP contribution in [0.4, 0.5) is 11.4 Å². The lowest BCUT2D eigenvalue weighted by atomic mass is 9.99. The Morgan fingerprint density at radius 3 is 2.73 bits per heavy atom. The monoisotopic (exact) mass is 324 g/mol. The fourth-order valence-corrected chi connectivity index (χ4v) is 2.27. The highest BCUT2D eigenvalue weighted by Crippen LogP contribution is 2.25. The molecule has 0 spiro atoms. The molecule has 0 unspecified atom stereocenters. The molecule has 0 bridgehead atoms. The summed E-state index contributed by atoms with van der Waals surface area (Å²) in [5, 5.41) is 28.6. The second kappa shape index (κ2) is 9.19. The number of hydrogen-bond donors (Lipinski definition) is 2. The Bertz CT molecular complexity index is 523. The largest absolute Gasteiger partial charge is 0.871 e. The van der Waals surface area contributed by atoms with Gasteiger partial charge in [0.05, 0.1) is 4.92 Å². The van der Waals surface area contributed by atoms with E-state index in [4.69, 9.17) is 12.2 Å². The highest BCUT2D eigenvalue weighted by Gasteiger charge is 2.09. The number of hydrogen-bond acceptors (Lipinski definition) is 4. The standard InChI is InChI=1S/C15H23N3O3S/c1-3-5-6-11(4-2)10-16-15(22)17-13-9-12(18(20)21)7-8-14(13)19/h7-9,11,19H,3-6,10H2,1-2H3,(H2,16,17,22)/p-1/t11-/m0/s1. The number of rotatable bonds is 8. The molecule has 6 nitrogen and oxygen atoms in total. The minimum atomic E-state index is -0.543. The predicted octanol–water partition coefficient (Wildman–Crippen LogP) is 3.17. The van der Waals surface area contributed by atoms with E-state index in [1.54, 1.807) is 0 Å². The number of thiocarbonyl (C=S) groups is 1. The van der Waals surface area contributed by atoms with Gasteiger partial charge in [0.25, 0.3) is 5.69 Å². The molecule has 0 heterocycles. The van der Waals surface area contributed by atoms with Crippen LogP contribution in [0.5, 0.6) is 5.75 Å². The second-order valence-corrected chi connectivity index (χ2v) is 5.60. The maximum absolute atomic E-state index is 11.7. The average molecular weight is 324 g/mol. The Labute approximate surface area is 136 Å². The Hall–Kier alpha value is -1.89. The zero-order valence-corrected chi connectivity index (χ0v) is 13.7. The summed E-state index contributed by atoms with van der Waals surface area (Å²) in [5.41, 5.74) is -0.0208. The van der Waals surface area contributed by atoms with E-state index in [1.807, 2.05) is 0 Å². The van der Waals surface area contributed by atoms with Crippen LogP contribution in [0.2, 0.25) is 0 Å². The predicted molar refractivity (Wildman–Crippen MR) is 90.1 cm³/mol. The quantitative estimate of drug-likeness (QED) is 0.433. The van der Waals surface area contributed by atoms with Gasteiger partial charge in [-0.15, -0.1) is 0 Å². The van der Waals surface area contributed by atoms with E-state index in [2.05, 4.69) is 24.5 Å². The van der Waals surface area contributed by atoms with Gasteiger partial charge >= 0.3 is 0 Å². The highest BCUT2D eigenvalue weighted by molar-refractivity contribution is 7.80. The van der Waals surface area contributed by atoms with Crippen LogP contribution < -0.4 is 15.7 Å². The first-order chi connectivity index (χ1) is 10.5. The molecule has 0 saturated carbocycles. The molecular formula is C15H22N3O3S-.